The molecule has 0 saturated heterocycles. The van der Waals surface area contributed by atoms with Crippen LogP contribution in [0.3, 0.4) is 0 Å². The second kappa shape index (κ2) is 6.52. The van der Waals surface area contributed by atoms with Crippen LogP contribution in [0.25, 0.3) is 10.8 Å². The maximum Gasteiger partial charge on any atom is 0.277 e. The summed E-state index contributed by atoms with van der Waals surface area (Å²) in [6.07, 6.45) is 5.73. The molecule has 4 rings (SSSR count). The standard InChI is InChI=1S/C17H21N3O2S2/c1-9-3-6-13-11(7-9)8-14(24-13)16-19-20-17(22-16)23-10(2)15(21)18-12-4-5-12/h8-10,12H,3-7H2,1-2H3,(H,18,21)/t9-,10+/m0/s1. The van der Waals surface area contributed by atoms with Gasteiger partial charge in [-0.1, -0.05) is 18.7 Å². The quantitative estimate of drug-likeness (QED) is 0.821. The molecule has 5 nitrogen and oxygen atoms in total. The first-order valence-corrected chi connectivity index (χ1v) is 10.2. The van der Waals surface area contributed by atoms with Gasteiger partial charge in [0.25, 0.3) is 11.1 Å². The van der Waals surface area contributed by atoms with Crippen molar-refractivity contribution in [2.75, 3.05) is 0 Å². The van der Waals surface area contributed by atoms with Crippen LogP contribution >= 0.6 is 23.1 Å². The fourth-order valence-corrected chi connectivity index (χ4v) is 4.74. The molecule has 0 unspecified atom stereocenters. The summed E-state index contributed by atoms with van der Waals surface area (Å²) in [7, 11) is 0. The van der Waals surface area contributed by atoms with E-state index in [-0.39, 0.29) is 11.2 Å². The number of aryl methyl sites for hydroxylation is 1. The summed E-state index contributed by atoms with van der Waals surface area (Å²) in [5.74, 6) is 1.36. The van der Waals surface area contributed by atoms with Crippen LogP contribution in [-0.2, 0) is 17.6 Å². The number of amides is 1. The molecule has 1 fully saturated rings. The highest BCUT2D eigenvalue weighted by atomic mass is 32.2. The van der Waals surface area contributed by atoms with Crippen molar-refractivity contribution in [1.82, 2.24) is 15.5 Å². The lowest BCUT2D eigenvalue weighted by Gasteiger charge is -2.16. The van der Waals surface area contributed by atoms with Gasteiger partial charge in [0.2, 0.25) is 5.91 Å². The maximum atomic E-state index is 12.0. The number of nitrogens with one attached hydrogen (secondary N) is 1. The molecule has 1 N–H and O–H groups in total. The van der Waals surface area contributed by atoms with Gasteiger partial charge in [0.15, 0.2) is 0 Å². The molecule has 2 aliphatic rings. The van der Waals surface area contributed by atoms with Gasteiger partial charge >= 0.3 is 0 Å². The second-order valence-electron chi connectivity index (χ2n) is 6.82. The predicted octanol–water partition coefficient (Wildman–Crippen LogP) is 3.68. The molecule has 1 saturated carbocycles. The van der Waals surface area contributed by atoms with E-state index in [1.165, 1.54) is 28.6 Å². The Balaban J connectivity index is 1.43. The van der Waals surface area contributed by atoms with Crippen molar-refractivity contribution in [2.24, 2.45) is 5.92 Å². The molecule has 0 radical (unpaired) electrons. The van der Waals surface area contributed by atoms with Crippen LogP contribution < -0.4 is 5.32 Å². The van der Waals surface area contributed by atoms with Crippen LogP contribution in [-0.4, -0.2) is 27.4 Å². The third-order valence-corrected chi connectivity index (χ3v) is 6.68. The summed E-state index contributed by atoms with van der Waals surface area (Å²) in [6.45, 7) is 4.17. The number of hydrogen-bond acceptors (Lipinski definition) is 6. The van der Waals surface area contributed by atoms with E-state index in [2.05, 4.69) is 28.5 Å². The van der Waals surface area contributed by atoms with Gasteiger partial charge in [-0.25, -0.2) is 0 Å². The Morgan fingerprint density at radius 2 is 2.25 bits per heavy atom. The van der Waals surface area contributed by atoms with Crippen LogP contribution in [0.2, 0.25) is 0 Å². The van der Waals surface area contributed by atoms with Gasteiger partial charge in [0.05, 0.1) is 10.1 Å². The van der Waals surface area contributed by atoms with Gasteiger partial charge in [-0.05, 0) is 56.6 Å². The van der Waals surface area contributed by atoms with E-state index < -0.39 is 0 Å². The zero-order chi connectivity index (χ0) is 16.7. The van der Waals surface area contributed by atoms with Crippen molar-refractivity contribution in [1.29, 1.82) is 0 Å². The highest BCUT2D eigenvalue weighted by Crippen LogP contribution is 2.37. The normalized spacial score (nSPS) is 21.3. The molecule has 2 aromatic heterocycles. The molecule has 2 aromatic rings. The molecule has 0 aromatic carbocycles. The lowest BCUT2D eigenvalue weighted by atomic mass is 9.90. The van der Waals surface area contributed by atoms with Gasteiger partial charge in [-0.2, -0.15) is 0 Å². The summed E-state index contributed by atoms with van der Waals surface area (Å²) in [5.41, 5.74) is 1.43. The van der Waals surface area contributed by atoms with Gasteiger partial charge in [-0.3, -0.25) is 4.79 Å². The monoisotopic (exact) mass is 363 g/mol. The Hall–Kier alpha value is -1.34. The van der Waals surface area contributed by atoms with Crippen molar-refractivity contribution >= 4 is 29.0 Å². The molecule has 0 spiro atoms. The Labute approximate surface area is 149 Å². The largest absolute Gasteiger partial charge is 0.410 e. The van der Waals surface area contributed by atoms with Crippen LogP contribution in [0.5, 0.6) is 0 Å². The summed E-state index contributed by atoms with van der Waals surface area (Å²) in [4.78, 5) is 14.5. The number of fused-ring (bicyclic) bond motifs is 1. The van der Waals surface area contributed by atoms with E-state index in [4.69, 9.17) is 4.42 Å². The third kappa shape index (κ3) is 3.52. The first-order chi connectivity index (χ1) is 11.6. The van der Waals surface area contributed by atoms with Crippen LogP contribution in [0.15, 0.2) is 15.7 Å². The number of thioether (sulfide) groups is 1. The molecule has 2 heterocycles. The van der Waals surface area contributed by atoms with Crippen LogP contribution in [0.1, 0.15) is 43.6 Å². The molecule has 0 bridgehead atoms. The van der Waals surface area contributed by atoms with E-state index in [1.54, 1.807) is 11.3 Å². The minimum Gasteiger partial charge on any atom is -0.410 e. The summed E-state index contributed by atoms with van der Waals surface area (Å²) < 4.78 is 5.79. The van der Waals surface area contributed by atoms with Crippen LogP contribution in [0, 0.1) is 5.92 Å². The van der Waals surface area contributed by atoms with Crippen LogP contribution in [0.4, 0.5) is 0 Å². The molecule has 1 amide bonds. The Kier molecular flexibility index (Phi) is 4.39. The number of thiophene rings is 1. The van der Waals surface area contributed by atoms with Gasteiger partial charge < -0.3 is 9.73 Å². The number of aromatic nitrogens is 2. The van der Waals surface area contributed by atoms with Gasteiger partial charge in [-0.15, -0.1) is 21.5 Å². The zero-order valence-electron chi connectivity index (χ0n) is 13.9. The molecule has 2 atom stereocenters. The Bertz CT molecular complexity index is 751. The first-order valence-electron chi connectivity index (χ1n) is 8.51. The van der Waals surface area contributed by atoms with Gasteiger partial charge in [0.1, 0.15) is 0 Å². The number of carbonyl (C=O) groups excluding carboxylic acids is 1. The smallest absolute Gasteiger partial charge is 0.277 e. The van der Waals surface area contributed by atoms with E-state index in [9.17, 15) is 4.79 Å². The minimum absolute atomic E-state index is 0.0443. The predicted molar refractivity (Wildman–Crippen MR) is 95.3 cm³/mol. The average Bonchev–Trinajstić information content (AvgIpc) is 3.08. The maximum absolute atomic E-state index is 12.0. The molecular formula is C17H21N3O2S2. The van der Waals surface area contributed by atoms with Crippen molar-refractivity contribution in [3.63, 3.8) is 0 Å². The fourth-order valence-electron chi connectivity index (χ4n) is 2.92. The van der Waals surface area contributed by atoms with Crippen molar-refractivity contribution in [2.45, 2.75) is 62.5 Å². The highest BCUT2D eigenvalue weighted by molar-refractivity contribution is 8.00. The molecule has 0 aliphatic heterocycles. The Morgan fingerprint density at radius 3 is 3.04 bits per heavy atom. The van der Waals surface area contributed by atoms with E-state index in [0.29, 0.717) is 17.2 Å². The number of carbonyl (C=O) groups is 1. The second-order valence-corrected chi connectivity index (χ2v) is 9.25. The fraction of sp³-hybridized carbons (Fsp3) is 0.588. The molecule has 24 heavy (non-hydrogen) atoms. The summed E-state index contributed by atoms with van der Waals surface area (Å²) in [6, 6.07) is 2.57. The van der Waals surface area contributed by atoms with Crippen molar-refractivity contribution in [3.8, 4) is 10.8 Å². The van der Waals surface area contributed by atoms with Gasteiger partial charge in [0, 0.05) is 10.9 Å². The molecule has 7 heteroatoms. The molecule has 128 valence electrons. The summed E-state index contributed by atoms with van der Waals surface area (Å²) in [5, 5.41) is 11.5. The number of nitrogens with zero attached hydrogens (tertiary/aromatic N) is 2. The summed E-state index contributed by atoms with van der Waals surface area (Å²) >= 11 is 3.09. The highest BCUT2D eigenvalue weighted by Gasteiger charge is 2.27. The topological polar surface area (TPSA) is 68.0 Å². The SMILES string of the molecule is C[C@H]1CCc2sc(-c3nnc(S[C@H](C)C(=O)NC4CC4)o3)cc2C1. The lowest BCUT2D eigenvalue weighted by Crippen LogP contribution is -2.32. The van der Waals surface area contributed by atoms with E-state index in [1.807, 2.05) is 6.92 Å². The first kappa shape index (κ1) is 16.1. The zero-order valence-corrected chi connectivity index (χ0v) is 15.5. The number of hydrogen-bond donors (Lipinski definition) is 1. The van der Waals surface area contributed by atoms with Crippen molar-refractivity contribution in [3.05, 3.63) is 16.5 Å². The van der Waals surface area contributed by atoms with E-state index >= 15 is 0 Å². The van der Waals surface area contributed by atoms with Crippen molar-refractivity contribution < 1.29 is 9.21 Å². The minimum atomic E-state index is -0.226. The average molecular weight is 364 g/mol. The third-order valence-electron chi connectivity index (χ3n) is 4.52. The Morgan fingerprint density at radius 1 is 1.42 bits per heavy atom. The lowest BCUT2D eigenvalue weighted by molar-refractivity contribution is -0.120. The number of rotatable bonds is 5. The molecular weight excluding hydrogens is 342 g/mol. The van der Waals surface area contributed by atoms with E-state index in [0.717, 1.165) is 36.5 Å². The molecule has 2 aliphatic carbocycles.